The molecule has 0 heterocycles. The first-order valence-electron chi connectivity index (χ1n) is 6.45. The largest absolute Gasteiger partial charge is 0.456 e. The molecule has 0 aliphatic carbocycles. The van der Waals surface area contributed by atoms with Crippen LogP contribution in [-0.2, 0) is 11.2 Å². The molecule has 0 spiro atoms. The highest BCUT2D eigenvalue weighted by Gasteiger charge is 2.17. The van der Waals surface area contributed by atoms with E-state index in [-0.39, 0.29) is 5.97 Å². The fourth-order valence-electron chi connectivity index (χ4n) is 1.62. The molecule has 0 unspecified atom stereocenters. The summed E-state index contributed by atoms with van der Waals surface area (Å²) in [5, 5.41) is 0. The first kappa shape index (κ1) is 14.7. The van der Waals surface area contributed by atoms with Crippen molar-refractivity contribution in [1.82, 2.24) is 0 Å². The normalized spacial score (nSPS) is 11.3. The highest BCUT2D eigenvalue weighted by Crippen LogP contribution is 2.13. The molecule has 0 aliphatic heterocycles. The maximum Gasteiger partial charge on any atom is 0.338 e. The fraction of sp³-hybridized carbons (Fsp3) is 0.533. The van der Waals surface area contributed by atoms with Crippen LogP contribution in [-0.4, -0.2) is 18.1 Å². The van der Waals surface area contributed by atoms with Crippen LogP contribution >= 0.6 is 0 Å². The number of unbranched alkanes of at least 4 members (excludes halogenated alkanes) is 1. The summed E-state index contributed by atoms with van der Waals surface area (Å²) < 4.78 is 5.31. The molecule has 1 rings (SSSR count). The topological polar surface area (TPSA) is 52.3 Å². The van der Waals surface area contributed by atoms with Gasteiger partial charge < -0.3 is 10.5 Å². The minimum Gasteiger partial charge on any atom is -0.456 e. The molecule has 0 aromatic heterocycles. The van der Waals surface area contributed by atoms with E-state index in [4.69, 9.17) is 10.5 Å². The lowest BCUT2D eigenvalue weighted by molar-refractivity contribution is 0.00695. The van der Waals surface area contributed by atoms with Crippen molar-refractivity contribution in [3.63, 3.8) is 0 Å². The molecule has 0 saturated heterocycles. The molecule has 0 aliphatic rings. The molecule has 100 valence electrons. The monoisotopic (exact) mass is 249 g/mol. The number of benzene rings is 1. The van der Waals surface area contributed by atoms with Crippen molar-refractivity contribution in [2.24, 2.45) is 5.73 Å². The van der Waals surface area contributed by atoms with Crippen molar-refractivity contribution in [1.29, 1.82) is 0 Å². The molecule has 3 heteroatoms. The quantitative estimate of drug-likeness (QED) is 0.645. The molecule has 18 heavy (non-hydrogen) atoms. The van der Waals surface area contributed by atoms with Gasteiger partial charge in [-0.05, 0) is 64.3 Å². The Morgan fingerprint density at radius 2 is 1.78 bits per heavy atom. The Balaban J connectivity index is 2.57. The van der Waals surface area contributed by atoms with E-state index >= 15 is 0 Å². The number of aryl methyl sites for hydroxylation is 1. The molecule has 0 radical (unpaired) electrons. The summed E-state index contributed by atoms with van der Waals surface area (Å²) >= 11 is 0. The highest BCUT2D eigenvalue weighted by molar-refractivity contribution is 5.89. The van der Waals surface area contributed by atoms with Gasteiger partial charge in [0.05, 0.1) is 5.56 Å². The van der Waals surface area contributed by atoms with Gasteiger partial charge in [0.15, 0.2) is 0 Å². The first-order valence-corrected chi connectivity index (χ1v) is 6.45. The Kier molecular flexibility index (Phi) is 5.35. The summed E-state index contributed by atoms with van der Waals surface area (Å²) in [4.78, 5) is 11.8. The third kappa shape index (κ3) is 5.32. The summed E-state index contributed by atoms with van der Waals surface area (Å²) in [5.41, 5.74) is 6.84. The van der Waals surface area contributed by atoms with Gasteiger partial charge in [-0.1, -0.05) is 12.1 Å². The number of rotatable bonds is 5. The molecular formula is C15H23NO2. The van der Waals surface area contributed by atoms with Crippen molar-refractivity contribution in [3.8, 4) is 0 Å². The Morgan fingerprint density at radius 3 is 2.28 bits per heavy atom. The standard InChI is InChI=1S/C15H23NO2/c1-15(2,3)18-14(17)13-9-7-12(8-10-13)6-4-5-11-16/h7-10H,4-6,11,16H2,1-3H3. The number of hydrogen-bond acceptors (Lipinski definition) is 3. The number of nitrogens with two attached hydrogens (primary N) is 1. The van der Waals surface area contributed by atoms with E-state index in [9.17, 15) is 4.79 Å². The van der Waals surface area contributed by atoms with E-state index in [1.165, 1.54) is 5.56 Å². The van der Waals surface area contributed by atoms with E-state index in [2.05, 4.69) is 0 Å². The van der Waals surface area contributed by atoms with Crippen LogP contribution in [0.3, 0.4) is 0 Å². The molecule has 0 fully saturated rings. The zero-order chi connectivity index (χ0) is 13.6. The smallest absolute Gasteiger partial charge is 0.338 e. The van der Waals surface area contributed by atoms with Crippen LogP contribution in [0.5, 0.6) is 0 Å². The molecule has 2 N–H and O–H groups in total. The SMILES string of the molecule is CC(C)(C)OC(=O)c1ccc(CCCCN)cc1. The summed E-state index contributed by atoms with van der Waals surface area (Å²) in [5.74, 6) is -0.268. The predicted molar refractivity (Wildman–Crippen MR) is 73.6 cm³/mol. The van der Waals surface area contributed by atoms with Crippen molar-refractivity contribution < 1.29 is 9.53 Å². The summed E-state index contributed by atoms with van der Waals surface area (Å²) in [6, 6.07) is 7.61. The van der Waals surface area contributed by atoms with Crippen molar-refractivity contribution >= 4 is 5.97 Å². The Bertz CT molecular complexity index is 376. The fourth-order valence-corrected chi connectivity index (χ4v) is 1.62. The third-order valence-corrected chi connectivity index (χ3v) is 2.51. The van der Waals surface area contributed by atoms with Gasteiger partial charge >= 0.3 is 5.97 Å². The minimum absolute atomic E-state index is 0.268. The van der Waals surface area contributed by atoms with Crippen LogP contribution in [0.25, 0.3) is 0 Å². The molecule has 1 aromatic carbocycles. The van der Waals surface area contributed by atoms with E-state index in [1.807, 2.05) is 45.0 Å². The van der Waals surface area contributed by atoms with E-state index in [0.29, 0.717) is 5.56 Å². The molecule has 0 atom stereocenters. The number of carbonyl (C=O) groups is 1. The second-order valence-corrected chi connectivity index (χ2v) is 5.44. The molecule has 0 saturated carbocycles. The van der Waals surface area contributed by atoms with Crippen LogP contribution in [0, 0.1) is 0 Å². The predicted octanol–water partition coefficient (Wildman–Crippen LogP) is 2.92. The lowest BCUT2D eigenvalue weighted by Gasteiger charge is -2.19. The summed E-state index contributed by atoms with van der Waals surface area (Å²) in [6.07, 6.45) is 3.13. The average Bonchev–Trinajstić information content (AvgIpc) is 2.28. The number of hydrogen-bond donors (Lipinski definition) is 1. The maximum atomic E-state index is 11.8. The lowest BCUT2D eigenvalue weighted by atomic mass is 10.1. The van der Waals surface area contributed by atoms with Gasteiger partial charge in [-0.25, -0.2) is 4.79 Å². The van der Waals surface area contributed by atoms with Crippen LogP contribution < -0.4 is 5.73 Å². The first-order chi connectivity index (χ1) is 8.42. The van der Waals surface area contributed by atoms with Crippen LogP contribution in [0.2, 0.25) is 0 Å². The second-order valence-electron chi connectivity index (χ2n) is 5.44. The van der Waals surface area contributed by atoms with Crippen molar-refractivity contribution in [2.75, 3.05) is 6.54 Å². The minimum atomic E-state index is -0.448. The molecule has 0 amide bonds. The van der Waals surface area contributed by atoms with Crippen LogP contribution in [0.1, 0.15) is 49.5 Å². The third-order valence-electron chi connectivity index (χ3n) is 2.51. The summed E-state index contributed by atoms with van der Waals surface area (Å²) in [7, 11) is 0. The second kappa shape index (κ2) is 6.55. The zero-order valence-corrected chi connectivity index (χ0v) is 11.5. The van der Waals surface area contributed by atoms with Gasteiger partial charge in [-0.3, -0.25) is 0 Å². The van der Waals surface area contributed by atoms with Gasteiger partial charge in [0, 0.05) is 0 Å². The lowest BCUT2D eigenvalue weighted by Crippen LogP contribution is -2.23. The maximum absolute atomic E-state index is 11.8. The van der Waals surface area contributed by atoms with E-state index in [1.54, 1.807) is 0 Å². The Morgan fingerprint density at radius 1 is 1.17 bits per heavy atom. The van der Waals surface area contributed by atoms with Gasteiger partial charge in [0.25, 0.3) is 0 Å². The molecule has 0 bridgehead atoms. The van der Waals surface area contributed by atoms with E-state index < -0.39 is 5.60 Å². The number of carbonyl (C=O) groups excluding carboxylic acids is 1. The molecule has 3 nitrogen and oxygen atoms in total. The zero-order valence-electron chi connectivity index (χ0n) is 11.5. The Hall–Kier alpha value is -1.35. The van der Waals surface area contributed by atoms with Gasteiger partial charge in [-0.2, -0.15) is 0 Å². The number of ether oxygens (including phenoxy) is 1. The van der Waals surface area contributed by atoms with Crippen LogP contribution in [0.15, 0.2) is 24.3 Å². The van der Waals surface area contributed by atoms with Crippen molar-refractivity contribution in [2.45, 2.75) is 45.6 Å². The van der Waals surface area contributed by atoms with Crippen molar-refractivity contribution in [3.05, 3.63) is 35.4 Å². The highest BCUT2D eigenvalue weighted by atomic mass is 16.6. The van der Waals surface area contributed by atoms with E-state index in [0.717, 1.165) is 25.8 Å². The Labute approximate surface area is 109 Å². The van der Waals surface area contributed by atoms with Gasteiger partial charge in [-0.15, -0.1) is 0 Å². The molecular weight excluding hydrogens is 226 g/mol. The van der Waals surface area contributed by atoms with Crippen LogP contribution in [0.4, 0.5) is 0 Å². The average molecular weight is 249 g/mol. The molecule has 1 aromatic rings. The number of esters is 1. The van der Waals surface area contributed by atoms with Gasteiger partial charge in [0.1, 0.15) is 5.60 Å². The summed E-state index contributed by atoms with van der Waals surface area (Å²) in [6.45, 7) is 6.33. The van der Waals surface area contributed by atoms with Gasteiger partial charge in [0.2, 0.25) is 0 Å².